The van der Waals surface area contributed by atoms with Crippen LogP contribution in [0.2, 0.25) is 0 Å². The third kappa shape index (κ3) is 3.76. The number of hydrogen-bond donors (Lipinski definition) is 1. The minimum absolute atomic E-state index is 0.189. The van der Waals surface area contributed by atoms with Crippen molar-refractivity contribution in [1.82, 2.24) is 20.5 Å². The summed E-state index contributed by atoms with van der Waals surface area (Å²) < 4.78 is 18.4. The van der Waals surface area contributed by atoms with Crippen LogP contribution in [-0.4, -0.2) is 27.6 Å². The Hall–Kier alpha value is -3.09. The van der Waals surface area contributed by atoms with Crippen molar-refractivity contribution in [1.29, 1.82) is 0 Å². The van der Waals surface area contributed by atoms with E-state index < -0.39 is 0 Å². The molecule has 3 rings (SSSR count). The highest BCUT2D eigenvalue weighted by Gasteiger charge is 2.09. The number of halogens is 1. The minimum Gasteiger partial charge on any atom is -0.421 e. The highest BCUT2D eigenvalue weighted by molar-refractivity contribution is 5.93. The zero-order valence-electron chi connectivity index (χ0n) is 12.1. The van der Waals surface area contributed by atoms with Gasteiger partial charge in [-0.05, 0) is 36.4 Å². The standard InChI is InChI=1S/C16H13FN4O2/c17-13-3-1-12(2-4-13)16-21-20-14(23-16)7-10-19-15(22)11-5-8-18-9-6-11/h1-6,8-9H,7,10H2,(H,19,22). The van der Waals surface area contributed by atoms with Crippen LogP contribution in [0.5, 0.6) is 0 Å². The van der Waals surface area contributed by atoms with Gasteiger partial charge in [-0.3, -0.25) is 9.78 Å². The Labute approximate surface area is 131 Å². The first-order chi connectivity index (χ1) is 11.2. The summed E-state index contributed by atoms with van der Waals surface area (Å²) in [7, 11) is 0. The molecule has 1 aromatic carbocycles. The van der Waals surface area contributed by atoms with Crippen LogP contribution in [0.25, 0.3) is 11.5 Å². The van der Waals surface area contributed by atoms with Crippen LogP contribution in [0.15, 0.2) is 53.2 Å². The molecule has 23 heavy (non-hydrogen) atoms. The van der Waals surface area contributed by atoms with Crippen molar-refractivity contribution in [3.05, 3.63) is 66.1 Å². The highest BCUT2D eigenvalue weighted by Crippen LogP contribution is 2.18. The molecule has 7 heteroatoms. The number of benzene rings is 1. The largest absolute Gasteiger partial charge is 0.421 e. The maximum absolute atomic E-state index is 12.9. The monoisotopic (exact) mass is 312 g/mol. The summed E-state index contributed by atoms with van der Waals surface area (Å²) in [6, 6.07) is 9.06. The number of nitrogens with zero attached hydrogens (tertiary/aromatic N) is 3. The number of amides is 1. The Morgan fingerprint density at radius 2 is 1.83 bits per heavy atom. The van der Waals surface area contributed by atoms with Crippen molar-refractivity contribution in [2.75, 3.05) is 6.54 Å². The van der Waals surface area contributed by atoms with E-state index in [9.17, 15) is 9.18 Å². The van der Waals surface area contributed by atoms with Gasteiger partial charge in [0.1, 0.15) is 5.82 Å². The van der Waals surface area contributed by atoms with Crippen molar-refractivity contribution in [2.24, 2.45) is 0 Å². The second-order valence-electron chi connectivity index (χ2n) is 4.75. The zero-order chi connectivity index (χ0) is 16.1. The number of carbonyl (C=O) groups excluding carboxylic acids is 1. The van der Waals surface area contributed by atoms with E-state index in [4.69, 9.17) is 4.42 Å². The molecule has 0 saturated carbocycles. The fourth-order valence-corrected chi connectivity index (χ4v) is 1.95. The summed E-state index contributed by atoms with van der Waals surface area (Å²) in [5.74, 6) is 0.206. The summed E-state index contributed by atoms with van der Waals surface area (Å²) in [5.41, 5.74) is 1.18. The van der Waals surface area contributed by atoms with E-state index in [0.717, 1.165) is 0 Å². The van der Waals surface area contributed by atoms with Crippen LogP contribution in [0.1, 0.15) is 16.2 Å². The maximum Gasteiger partial charge on any atom is 0.251 e. The summed E-state index contributed by atoms with van der Waals surface area (Å²) in [6.07, 6.45) is 3.52. The zero-order valence-corrected chi connectivity index (χ0v) is 12.1. The van der Waals surface area contributed by atoms with Crippen LogP contribution >= 0.6 is 0 Å². The van der Waals surface area contributed by atoms with Crippen LogP contribution in [0.3, 0.4) is 0 Å². The fraction of sp³-hybridized carbons (Fsp3) is 0.125. The SMILES string of the molecule is O=C(NCCc1nnc(-c2ccc(F)cc2)o1)c1ccncc1. The van der Waals surface area contributed by atoms with Gasteiger partial charge in [0.2, 0.25) is 11.8 Å². The van der Waals surface area contributed by atoms with Crippen LogP contribution in [0.4, 0.5) is 4.39 Å². The first-order valence-corrected chi connectivity index (χ1v) is 6.99. The molecule has 116 valence electrons. The quantitative estimate of drug-likeness (QED) is 0.781. The molecule has 0 aliphatic carbocycles. The van der Waals surface area contributed by atoms with Crippen molar-refractivity contribution in [2.45, 2.75) is 6.42 Å². The van der Waals surface area contributed by atoms with Gasteiger partial charge in [0.25, 0.3) is 5.91 Å². The van der Waals surface area contributed by atoms with E-state index in [-0.39, 0.29) is 11.7 Å². The molecule has 0 radical (unpaired) electrons. The Bertz CT molecular complexity index is 787. The van der Waals surface area contributed by atoms with E-state index in [1.807, 2.05) is 0 Å². The van der Waals surface area contributed by atoms with Crippen molar-refractivity contribution in [3.63, 3.8) is 0 Å². The predicted molar refractivity (Wildman–Crippen MR) is 80.0 cm³/mol. The second-order valence-corrected chi connectivity index (χ2v) is 4.75. The van der Waals surface area contributed by atoms with E-state index >= 15 is 0 Å². The van der Waals surface area contributed by atoms with Crippen molar-refractivity contribution >= 4 is 5.91 Å². The molecule has 0 unspecified atom stereocenters. The third-order valence-electron chi connectivity index (χ3n) is 3.12. The van der Waals surface area contributed by atoms with Crippen molar-refractivity contribution < 1.29 is 13.6 Å². The molecular weight excluding hydrogens is 299 g/mol. The molecule has 6 nitrogen and oxygen atoms in total. The lowest BCUT2D eigenvalue weighted by Gasteiger charge is -2.02. The lowest BCUT2D eigenvalue weighted by Crippen LogP contribution is -2.25. The Morgan fingerprint density at radius 3 is 2.57 bits per heavy atom. The Morgan fingerprint density at radius 1 is 1.09 bits per heavy atom. The molecule has 0 spiro atoms. The first kappa shape index (κ1) is 14.8. The van der Waals surface area contributed by atoms with E-state index in [0.29, 0.717) is 35.9 Å². The van der Waals surface area contributed by atoms with Gasteiger partial charge in [-0.15, -0.1) is 10.2 Å². The second kappa shape index (κ2) is 6.78. The van der Waals surface area contributed by atoms with Gasteiger partial charge in [0, 0.05) is 36.5 Å². The van der Waals surface area contributed by atoms with Gasteiger partial charge < -0.3 is 9.73 Å². The predicted octanol–water partition coefficient (Wildman–Crippen LogP) is 2.24. The van der Waals surface area contributed by atoms with Crippen LogP contribution < -0.4 is 5.32 Å². The lowest BCUT2D eigenvalue weighted by atomic mass is 10.2. The summed E-state index contributed by atoms with van der Waals surface area (Å²) in [4.78, 5) is 15.7. The molecule has 2 aromatic heterocycles. The van der Waals surface area contributed by atoms with Crippen LogP contribution in [0, 0.1) is 5.82 Å². The van der Waals surface area contributed by atoms with Gasteiger partial charge in [0.05, 0.1) is 0 Å². The lowest BCUT2D eigenvalue weighted by molar-refractivity contribution is 0.0953. The Kier molecular flexibility index (Phi) is 4.37. The number of nitrogens with one attached hydrogen (secondary N) is 1. The summed E-state index contributed by atoms with van der Waals surface area (Å²) >= 11 is 0. The summed E-state index contributed by atoms with van der Waals surface area (Å²) in [5, 5.41) is 10.6. The smallest absolute Gasteiger partial charge is 0.251 e. The Balaban J connectivity index is 1.55. The molecule has 3 aromatic rings. The third-order valence-corrected chi connectivity index (χ3v) is 3.12. The molecule has 0 fully saturated rings. The topological polar surface area (TPSA) is 80.9 Å². The minimum atomic E-state index is -0.327. The average Bonchev–Trinajstić information content (AvgIpc) is 3.05. The molecule has 0 bridgehead atoms. The molecular formula is C16H13FN4O2. The number of hydrogen-bond acceptors (Lipinski definition) is 5. The molecule has 0 saturated heterocycles. The molecule has 0 aliphatic rings. The van der Waals surface area contributed by atoms with E-state index in [2.05, 4.69) is 20.5 Å². The number of aromatic nitrogens is 3. The molecule has 1 N–H and O–H groups in total. The molecule has 2 heterocycles. The first-order valence-electron chi connectivity index (χ1n) is 6.99. The van der Waals surface area contributed by atoms with Gasteiger partial charge in [0.15, 0.2) is 0 Å². The fourth-order valence-electron chi connectivity index (χ4n) is 1.95. The number of pyridine rings is 1. The van der Waals surface area contributed by atoms with Gasteiger partial charge >= 0.3 is 0 Å². The van der Waals surface area contributed by atoms with Gasteiger partial charge in [-0.25, -0.2) is 4.39 Å². The van der Waals surface area contributed by atoms with Gasteiger partial charge in [-0.2, -0.15) is 0 Å². The van der Waals surface area contributed by atoms with Crippen molar-refractivity contribution in [3.8, 4) is 11.5 Å². The molecule has 1 amide bonds. The molecule has 0 aliphatic heterocycles. The van der Waals surface area contributed by atoms with Gasteiger partial charge in [-0.1, -0.05) is 0 Å². The number of carbonyl (C=O) groups is 1. The summed E-state index contributed by atoms with van der Waals surface area (Å²) in [6.45, 7) is 0.367. The average molecular weight is 312 g/mol. The van der Waals surface area contributed by atoms with E-state index in [1.54, 1.807) is 36.7 Å². The number of rotatable bonds is 5. The normalized spacial score (nSPS) is 10.5. The molecule has 0 atom stereocenters. The maximum atomic E-state index is 12.9. The van der Waals surface area contributed by atoms with E-state index in [1.165, 1.54) is 12.1 Å². The highest BCUT2D eigenvalue weighted by atomic mass is 19.1. The van der Waals surface area contributed by atoms with Crippen LogP contribution in [-0.2, 0) is 6.42 Å².